The van der Waals surface area contributed by atoms with Crippen LogP contribution in [0.25, 0.3) is 0 Å². The van der Waals surface area contributed by atoms with Crippen LogP contribution in [-0.2, 0) is 14.4 Å². The number of oxime groups is 1. The molecule has 0 aromatic rings. The van der Waals surface area contributed by atoms with Crippen molar-refractivity contribution in [2.24, 2.45) is 5.16 Å². The Kier molecular flexibility index (Phi) is 7.91. The minimum atomic E-state index is -0.544. The number of unbranched alkanes of at least 4 members (excludes halogenated alkanes) is 1. The number of nitrogens with zero attached hydrogens (tertiary/aromatic N) is 3. The van der Waals surface area contributed by atoms with Gasteiger partial charge in [0.1, 0.15) is 11.7 Å². The molecule has 0 unspecified atom stereocenters. The van der Waals surface area contributed by atoms with Gasteiger partial charge >= 0.3 is 12.1 Å². The van der Waals surface area contributed by atoms with Gasteiger partial charge in [0.15, 0.2) is 0 Å². The van der Waals surface area contributed by atoms with E-state index in [9.17, 15) is 9.59 Å². The number of carbonyl (C=O) groups excluding carboxylic acids is 2. The van der Waals surface area contributed by atoms with E-state index in [-0.39, 0.29) is 18.2 Å². The second-order valence-electron chi connectivity index (χ2n) is 8.06. The van der Waals surface area contributed by atoms with Gasteiger partial charge in [-0.2, -0.15) is 0 Å². The van der Waals surface area contributed by atoms with Crippen molar-refractivity contribution >= 4 is 17.8 Å². The summed E-state index contributed by atoms with van der Waals surface area (Å²) in [7, 11) is 0. The van der Waals surface area contributed by atoms with Gasteiger partial charge < -0.3 is 19.8 Å². The van der Waals surface area contributed by atoms with Gasteiger partial charge in [-0.3, -0.25) is 4.84 Å². The highest BCUT2D eigenvalue weighted by molar-refractivity contribution is 5.94. The van der Waals surface area contributed by atoms with Crippen molar-refractivity contribution in [3.8, 4) is 0 Å². The summed E-state index contributed by atoms with van der Waals surface area (Å²) in [5.74, 6) is 0. The van der Waals surface area contributed by atoms with Gasteiger partial charge in [-0.1, -0.05) is 18.5 Å². The zero-order chi connectivity index (χ0) is 20.7. The van der Waals surface area contributed by atoms with Crippen LogP contribution < -0.4 is 5.32 Å². The second kappa shape index (κ2) is 9.95. The highest BCUT2D eigenvalue weighted by Crippen LogP contribution is 2.23. The van der Waals surface area contributed by atoms with Crippen molar-refractivity contribution in [2.45, 2.75) is 78.0 Å². The zero-order valence-corrected chi connectivity index (χ0v) is 17.7. The Morgan fingerprint density at radius 1 is 1.36 bits per heavy atom. The predicted molar refractivity (Wildman–Crippen MR) is 105 cm³/mol. The van der Waals surface area contributed by atoms with Crippen molar-refractivity contribution < 1.29 is 24.0 Å². The molecule has 2 atom stereocenters. The number of urea groups is 1. The summed E-state index contributed by atoms with van der Waals surface area (Å²) in [4.78, 5) is 37.3. The van der Waals surface area contributed by atoms with E-state index in [2.05, 4.69) is 17.4 Å². The summed E-state index contributed by atoms with van der Waals surface area (Å²) < 4.78 is 5.23. The Balaban J connectivity index is 1.83. The first-order valence-corrected chi connectivity index (χ1v) is 10.2. The molecule has 9 heteroatoms. The molecule has 3 amide bonds. The minimum absolute atomic E-state index is 0.102. The average Bonchev–Trinajstić information content (AvgIpc) is 3.08. The number of alkyl carbamates (subject to hydrolysis) is 1. The first kappa shape index (κ1) is 22.3. The fraction of sp³-hybridized carbons (Fsp3) is 0.842. The highest BCUT2D eigenvalue weighted by atomic mass is 16.7. The number of rotatable bonds is 8. The van der Waals surface area contributed by atoms with E-state index in [0.29, 0.717) is 32.7 Å². The van der Waals surface area contributed by atoms with E-state index in [1.54, 1.807) is 4.90 Å². The van der Waals surface area contributed by atoms with Crippen LogP contribution >= 0.6 is 0 Å². The molecule has 2 heterocycles. The van der Waals surface area contributed by atoms with Crippen molar-refractivity contribution in [2.75, 3.05) is 26.2 Å². The smallest absolute Gasteiger partial charge is 0.407 e. The molecule has 0 aromatic heterocycles. The summed E-state index contributed by atoms with van der Waals surface area (Å²) in [5.41, 5.74) is 0.289. The van der Waals surface area contributed by atoms with E-state index >= 15 is 0 Å². The second-order valence-corrected chi connectivity index (χ2v) is 8.06. The van der Waals surface area contributed by atoms with Gasteiger partial charge in [-0.25, -0.2) is 14.7 Å². The van der Waals surface area contributed by atoms with Crippen molar-refractivity contribution in [1.29, 1.82) is 0 Å². The van der Waals surface area contributed by atoms with Gasteiger partial charge in [-0.15, -0.1) is 0 Å². The van der Waals surface area contributed by atoms with E-state index in [1.165, 1.54) is 5.06 Å². The Labute approximate surface area is 167 Å². The molecule has 0 saturated carbocycles. The van der Waals surface area contributed by atoms with Crippen molar-refractivity contribution in [3.63, 3.8) is 0 Å². The highest BCUT2D eigenvalue weighted by Gasteiger charge is 2.39. The molecular weight excluding hydrogens is 364 g/mol. The number of nitrogens with one attached hydrogen (secondary N) is 1. The van der Waals surface area contributed by atoms with Gasteiger partial charge in [-0.05, 0) is 40.5 Å². The maximum Gasteiger partial charge on any atom is 0.407 e. The largest absolute Gasteiger partial charge is 0.444 e. The molecule has 2 rings (SSSR count). The number of carbonyl (C=O) groups is 2. The Morgan fingerprint density at radius 2 is 2.11 bits per heavy atom. The number of hydroxylamine groups is 2. The minimum Gasteiger partial charge on any atom is -0.444 e. The molecule has 2 aliphatic rings. The summed E-state index contributed by atoms with van der Waals surface area (Å²) >= 11 is 0. The third-order valence-electron chi connectivity index (χ3n) is 4.54. The molecule has 9 nitrogen and oxygen atoms in total. The summed E-state index contributed by atoms with van der Waals surface area (Å²) in [6.07, 6.45) is 2.52. The lowest BCUT2D eigenvalue weighted by Gasteiger charge is -2.39. The number of hydrogen-bond donors (Lipinski definition) is 1. The number of hydrogen-bond acceptors (Lipinski definition) is 6. The molecule has 0 aliphatic carbocycles. The van der Waals surface area contributed by atoms with Crippen LogP contribution in [0.5, 0.6) is 0 Å². The van der Waals surface area contributed by atoms with Crippen LogP contribution in [0, 0.1) is 0 Å². The molecule has 1 fully saturated rings. The predicted octanol–water partition coefficient (Wildman–Crippen LogP) is 2.90. The first-order valence-electron chi connectivity index (χ1n) is 10.2. The van der Waals surface area contributed by atoms with Crippen LogP contribution in [-0.4, -0.2) is 71.8 Å². The standard InChI is InChI=1S/C19H34N4O5/c1-6-8-11-26-23-10-9-16(22(7-2)18(23)25)15-12-14(28-21-15)13-20-17(24)27-19(3,4)5/h14,16H,6-13H2,1-5H3,(H,20,24)/t14-,16-/m0/s1. The molecule has 1 saturated heterocycles. The Bertz CT molecular complexity index is 575. The zero-order valence-electron chi connectivity index (χ0n) is 17.7. The lowest BCUT2D eigenvalue weighted by atomic mass is 10.00. The summed E-state index contributed by atoms with van der Waals surface area (Å²) in [6, 6.07) is -0.233. The van der Waals surface area contributed by atoms with Crippen molar-refractivity contribution in [1.82, 2.24) is 15.3 Å². The van der Waals surface area contributed by atoms with Gasteiger partial charge in [0.25, 0.3) is 0 Å². The van der Waals surface area contributed by atoms with Crippen LogP contribution in [0.4, 0.5) is 9.59 Å². The van der Waals surface area contributed by atoms with Gasteiger partial charge in [0.05, 0.1) is 31.4 Å². The van der Waals surface area contributed by atoms with Crippen LogP contribution in [0.15, 0.2) is 5.16 Å². The summed E-state index contributed by atoms with van der Waals surface area (Å²) in [5, 5.41) is 8.36. The topological polar surface area (TPSA) is 92.7 Å². The molecule has 1 N–H and O–H groups in total. The van der Waals surface area contributed by atoms with Crippen LogP contribution in [0.1, 0.15) is 60.3 Å². The lowest BCUT2D eigenvalue weighted by Crippen LogP contribution is -2.56. The maximum atomic E-state index is 12.7. The van der Waals surface area contributed by atoms with E-state index in [4.69, 9.17) is 14.4 Å². The Morgan fingerprint density at radius 3 is 2.75 bits per heavy atom. The molecule has 28 heavy (non-hydrogen) atoms. The van der Waals surface area contributed by atoms with Crippen LogP contribution in [0.2, 0.25) is 0 Å². The van der Waals surface area contributed by atoms with Gasteiger partial charge in [0, 0.05) is 13.0 Å². The van der Waals surface area contributed by atoms with Crippen molar-refractivity contribution in [3.05, 3.63) is 0 Å². The molecule has 2 aliphatic heterocycles. The molecule has 0 radical (unpaired) electrons. The van der Waals surface area contributed by atoms with E-state index in [0.717, 1.165) is 25.0 Å². The van der Waals surface area contributed by atoms with Gasteiger partial charge in [0.2, 0.25) is 0 Å². The van der Waals surface area contributed by atoms with E-state index in [1.807, 2.05) is 27.7 Å². The molecule has 0 aromatic carbocycles. The quantitative estimate of drug-likeness (QED) is 0.635. The monoisotopic (exact) mass is 398 g/mol. The SMILES string of the molecule is CCCCON1CC[C@@H](C2=NO[C@H](CNC(=O)OC(C)(C)C)C2)N(CC)C1=O. The fourth-order valence-electron chi connectivity index (χ4n) is 3.18. The third-order valence-corrected chi connectivity index (χ3v) is 4.54. The molecule has 0 spiro atoms. The first-order chi connectivity index (χ1) is 13.2. The van der Waals surface area contributed by atoms with E-state index < -0.39 is 11.7 Å². The molecule has 160 valence electrons. The summed E-state index contributed by atoms with van der Waals surface area (Å²) in [6.45, 7) is 11.4. The van der Waals surface area contributed by atoms with Crippen LogP contribution in [0.3, 0.4) is 0 Å². The molecule has 0 bridgehead atoms. The maximum absolute atomic E-state index is 12.7. The average molecular weight is 399 g/mol. The normalized spacial score (nSPS) is 22.8. The number of amides is 3. The number of ether oxygens (including phenoxy) is 1. The lowest BCUT2D eigenvalue weighted by molar-refractivity contribution is -0.139. The molecular formula is C19H34N4O5. The Hall–Kier alpha value is -2.03. The third kappa shape index (κ3) is 6.25. The fourth-order valence-corrected chi connectivity index (χ4v) is 3.18.